The number of nitrogens with zero attached hydrogens (tertiary/aromatic N) is 1. The molecule has 0 aromatic heterocycles. The monoisotopic (exact) mass is 181 g/mol. The molecule has 0 aromatic carbocycles. The Morgan fingerprint density at radius 2 is 1.69 bits per heavy atom. The highest BCUT2D eigenvalue weighted by molar-refractivity contribution is 4.84. The second-order valence-electron chi connectivity index (χ2n) is 5.18. The average molecular weight is 181 g/mol. The van der Waals surface area contributed by atoms with E-state index in [2.05, 4.69) is 18.7 Å². The molecule has 2 rings (SSSR count). The van der Waals surface area contributed by atoms with E-state index >= 15 is 0 Å². The van der Waals surface area contributed by atoms with Gasteiger partial charge in [0.15, 0.2) is 0 Å². The van der Waals surface area contributed by atoms with E-state index < -0.39 is 0 Å². The summed E-state index contributed by atoms with van der Waals surface area (Å²) in [6, 6.07) is 0.767. The van der Waals surface area contributed by atoms with E-state index in [4.69, 9.17) is 0 Å². The largest absolute Gasteiger partial charge is 0.301 e. The lowest BCUT2D eigenvalue weighted by molar-refractivity contribution is 0.0669. The normalized spacial score (nSPS) is 36.2. The third-order valence-electron chi connectivity index (χ3n) is 4.05. The summed E-state index contributed by atoms with van der Waals surface area (Å²) in [5, 5.41) is 0. The number of likely N-dealkylation sites (tertiary alicyclic amines) is 1. The van der Waals surface area contributed by atoms with Crippen LogP contribution in [-0.4, -0.2) is 24.0 Å². The van der Waals surface area contributed by atoms with Gasteiger partial charge in [-0.05, 0) is 45.1 Å². The van der Waals surface area contributed by atoms with E-state index in [1.807, 2.05) is 0 Å². The molecule has 2 aliphatic rings. The van der Waals surface area contributed by atoms with Crippen LogP contribution in [-0.2, 0) is 0 Å². The SMILES string of the molecule is CC(C)N1CC[C@@H]2CCCC[C@H]2C1. The summed E-state index contributed by atoms with van der Waals surface area (Å²) in [7, 11) is 0. The Bertz CT molecular complexity index is 165. The lowest BCUT2D eigenvalue weighted by Gasteiger charge is -2.42. The first-order chi connectivity index (χ1) is 6.27. The molecule has 0 amide bonds. The third-order valence-corrected chi connectivity index (χ3v) is 4.05. The van der Waals surface area contributed by atoms with Crippen molar-refractivity contribution in [2.75, 3.05) is 13.1 Å². The summed E-state index contributed by atoms with van der Waals surface area (Å²) in [5.74, 6) is 2.13. The Morgan fingerprint density at radius 1 is 1.00 bits per heavy atom. The zero-order valence-corrected chi connectivity index (χ0v) is 9.13. The topological polar surface area (TPSA) is 3.24 Å². The van der Waals surface area contributed by atoms with Crippen LogP contribution in [0.5, 0.6) is 0 Å². The highest BCUT2D eigenvalue weighted by Crippen LogP contribution is 2.36. The van der Waals surface area contributed by atoms with Gasteiger partial charge in [0.1, 0.15) is 0 Å². The molecule has 0 radical (unpaired) electrons. The lowest BCUT2D eigenvalue weighted by atomic mass is 9.75. The zero-order valence-electron chi connectivity index (χ0n) is 9.13. The van der Waals surface area contributed by atoms with E-state index in [1.165, 1.54) is 45.2 Å². The van der Waals surface area contributed by atoms with E-state index in [9.17, 15) is 0 Å². The van der Waals surface area contributed by atoms with Crippen molar-refractivity contribution in [1.82, 2.24) is 4.90 Å². The minimum atomic E-state index is 0.767. The molecule has 0 spiro atoms. The summed E-state index contributed by atoms with van der Waals surface area (Å²) in [5.41, 5.74) is 0. The summed E-state index contributed by atoms with van der Waals surface area (Å²) >= 11 is 0. The van der Waals surface area contributed by atoms with Crippen LogP contribution in [0.1, 0.15) is 46.0 Å². The van der Waals surface area contributed by atoms with Gasteiger partial charge in [0.25, 0.3) is 0 Å². The Labute approximate surface area is 82.5 Å². The number of piperidine rings is 1. The van der Waals surface area contributed by atoms with E-state index in [0.717, 1.165) is 17.9 Å². The average Bonchev–Trinajstić information content (AvgIpc) is 2.17. The number of fused-ring (bicyclic) bond motifs is 1. The van der Waals surface area contributed by atoms with Gasteiger partial charge in [-0.2, -0.15) is 0 Å². The summed E-state index contributed by atoms with van der Waals surface area (Å²) in [6.07, 6.45) is 7.50. The van der Waals surface area contributed by atoms with Crippen LogP contribution < -0.4 is 0 Å². The molecule has 1 aliphatic carbocycles. The molecule has 1 nitrogen and oxygen atoms in total. The maximum atomic E-state index is 2.67. The molecule has 1 saturated heterocycles. The molecule has 0 unspecified atom stereocenters. The third kappa shape index (κ3) is 2.07. The minimum Gasteiger partial charge on any atom is -0.301 e. The van der Waals surface area contributed by atoms with Crippen molar-refractivity contribution in [2.24, 2.45) is 11.8 Å². The van der Waals surface area contributed by atoms with Crippen LogP contribution in [0.25, 0.3) is 0 Å². The maximum Gasteiger partial charge on any atom is 0.00387 e. The van der Waals surface area contributed by atoms with Gasteiger partial charge in [-0.3, -0.25) is 0 Å². The molecule has 1 heterocycles. The van der Waals surface area contributed by atoms with Gasteiger partial charge in [-0.25, -0.2) is 0 Å². The highest BCUT2D eigenvalue weighted by atomic mass is 15.2. The second-order valence-corrected chi connectivity index (χ2v) is 5.18. The van der Waals surface area contributed by atoms with Gasteiger partial charge in [0, 0.05) is 12.6 Å². The first-order valence-electron chi connectivity index (χ1n) is 6.01. The highest BCUT2D eigenvalue weighted by Gasteiger charge is 2.31. The minimum absolute atomic E-state index is 0.767. The summed E-state index contributed by atoms with van der Waals surface area (Å²) in [4.78, 5) is 2.67. The fourth-order valence-corrected chi connectivity index (χ4v) is 3.10. The summed E-state index contributed by atoms with van der Waals surface area (Å²) in [6.45, 7) is 7.42. The van der Waals surface area contributed by atoms with Crippen molar-refractivity contribution >= 4 is 0 Å². The van der Waals surface area contributed by atoms with E-state index in [-0.39, 0.29) is 0 Å². The van der Waals surface area contributed by atoms with Crippen LogP contribution in [0.15, 0.2) is 0 Å². The number of rotatable bonds is 1. The predicted molar refractivity (Wildman–Crippen MR) is 56.8 cm³/mol. The van der Waals surface area contributed by atoms with Gasteiger partial charge >= 0.3 is 0 Å². The molecule has 1 aliphatic heterocycles. The van der Waals surface area contributed by atoms with Gasteiger partial charge in [-0.1, -0.05) is 19.3 Å². The van der Waals surface area contributed by atoms with Crippen molar-refractivity contribution < 1.29 is 0 Å². The van der Waals surface area contributed by atoms with Crippen LogP contribution in [0.2, 0.25) is 0 Å². The van der Waals surface area contributed by atoms with Gasteiger partial charge < -0.3 is 4.90 Å². The van der Waals surface area contributed by atoms with Crippen molar-refractivity contribution in [3.63, 3.8) is 0 Å². The maximum absolute atomic E-state index is 2.67. The van der Waals surface area contributed by atoms with Crippen LogP contribution in [0, 0.1) is 11.8 Å². The molecule has 0 aromatic rings. The molecule has 1 saturated carbocycles. The molecular weight excluding hydrogens is 158 g/mol. The van der Waals surface area contributed by atoms with Crippen LogP contribution in [0.3, 0.4) is 0 Å². The molecule has 0 N–H and O–H groups in total. The van der Waals surface area contributed by atoms with Gasteiger partial charge in [0.2, 0.25) is 0 Å². The molecule has 13 heavy (non-hydrogen) atoms. The number of hydrogen-bond acceptors (Lipinski definition) is 1. The first-order valence-corrected chi connectivity index (χ1v) is 6.01. The fourth-order valence-electron chi connectivity index (χ4n) is 3.10. The first kappa shape index (κ1) is 9.51. The van der Waals surface area contributed by atoms with E-state index in [0.29, 0.717) is 0 Å². The Morgan fingerprint density at radius 3 is 2.38 bits per heavy atom. The Kier molecular flexibility index (Phi) is 2.92. The van der Waals surface area contributed by atoms with Gasteiger partial charge in [-0.15, -0.1) is 0 Å². The van der Waals surface area contributed by atoms with Crippen molar-refractivity contribution in [2.45, 2.75) is 52.0 Å². The van der Waals surface area contributed by atoms with Crippen molar-refractivity contribution in [3.8, 4) is 0 Å². The van der Waals surface area contributed by atoms with Crippen molar-refractivity contribution in [1.29, 1.82) is 0 Å². The van der Waals surface area contributed by atoms with Crippen molar-refractivity contribution in [3.05, 3.63) is 0 Å². The molecular formula is C12H23N. The quantitative estimate of drug-likeness (QED) is 0.601. The van der Waals surface area contributed by atoms with Crippen LogP contribution in [0.4, 0.5) is 0 Å². The molecule has 76 valence electrons. The molecule has 1 heteroatoms. The fraction of sp³-hybridized carbons (Fsp3) is 1.00. The smallest absolute Gasteiger partial charge is 0.00387 e. The van der Waals surface area contributed by atoms with Crippen LogP contribution >= 0.6 is 0 Å². The molecule has 2 atom stereocenters. The second kappa shape index (κ2) is 4.00. The standard InChI is InChI=1S/C12H23N/c1-10(2)13-8-7-11-5-3-4-6-12(11)9-13/h10-12H,3-9H2,1-2H3/t11-,12-/m0/s1. The molecule has 2 fully saturated rings. The Balaban J connectivity index is 1.91. The zero-order chi connectivity index (χ0) is 9.26. The van der Waals surface area contributed by atoms with Gasteiger partial charge in [0.05, 0.1) is 0 Å². The Hall–Kier alpha value is -0.0400. The summed E-state index contributed by atoms with van der Waals surface area (Å²) < 4.78 is 0. The number of hydrogen-bond donors (Lipinski definition) is 0. The van der Waals surface area contributed by atoms with E-state index in [1.54, 1.807) is 0 Å². The lowest BCUT2D eigenvalue weighted by Crippen LogP contribution is -2.44. The molecule has 0 bridgehead atoms. The predicted octanol–water partition coefficient (Wildman–Crippen LogP) is 2.91.